The second kappa shape index (κ2) is 6.03. The minimum Gasteiger partial charge on any atom is -0.368 e. The van der Waals surface area contributed by atoms with E-state index in [2.05, 4.69) is 43.7 Å². The van der Waals surface area contributed by atoms with Crippen molar-refractivity contribution < 1.29 is 4.79 Å². The first-order valence-electron chi connectivity index (χ1n) is 8.36. The van der Waals surface area contributed by atoms with E-state index in [4.69, 9.17) is 0 Å². The topological polar surface area (TPSA) is 74.7 Å². The minimum absolute atomic E-state index is 0.0762. The lowest BCUT2D eigenvalue weighted by atomic mass is 10.1. The van der Waals surface area contributed by atoms with E-state index in [0.717, 1.165) is 37.2 Å². The van der Waals surface area contributed by atoms with Crippen LogP contribution in [-0.2, 0) is 19.9 Å². The number of hydrogen-bond acceptors (Lipinski definition) is 3. The largest absolute Gasteiger partial charge is 0.368 e. The molecule has 0 saturated heterocycles. The number of carbonyl (C=O) groups is 1. The molecule has 124 valence electrons. The number of H-pyrrole nitrogens is 1. The summed E-state index contributed by atoms with van der Waals surface area (Å²) in [5.74, 6) is 0.744. The summed E-state index contributed by atoms with van der Waals surface area (Å²) in [6.45, 7) is 1.52. The molecule has 0 radical (unpaired) electrons. The number of benzene rings is 1. The molecule has 2 aromatic heterocycles. The Morgan fingerprint density at radius 1 is 1.38 bits per heavy atom. The first-order valence-corrected chi connectivity index (χ1v) is 8.36. The Balaban J connectivity index is 1.43. The molecule has 4 rings (SSSR count). The third kappa shape index (κ3) is 2.54. The zero-order valence-corrected chi connectivity index (χ0v) is 13.7. The number of aromatic amines is 1. The van der Waals surface area contributed by atoms with Crippen LogP contribution in [0.25, 0.3) is 10.9 Å². The first kappa shape index (κ1) is 14.8. The predicted octanol–water partition coefficient (Wildman–Crippen LogP) is 2.23. The van der Waals surface area contributed by atoms with Gasteiger partial charge in [-0.3, -0.25) is 9.89 Å². The van der Waals surface area contributed by atoms with Crippen LogP contribution in [0.2, 0.25) is 0 Å². The Bertz CT molecular complexity index is 892. The Morgan fingerprint density at radius 2 is 2.25 bits per heavy atom. The van der Waals surface area contributed by atoms with Gasteiger partial charge in [-0.15, -0.1) is 0 Å². The number of aromatic nitrogens is 3. The summed E-state index contributed by atoms with van der Waals surface area (Å²) in [5, 5.41) is 14.5. The van der Waals surface area contributed by atoms with Crippen molar-refractivity contribution in [1.29, 1.82) is 0 Å². The Morgan fingerprint density at radius 3 is 3.17 bits per heavy atom. The summed E-state index contributed by atoms with van der Waals surface area (Å²) in [4.78, 5) is 12.4. The van der Waals surface area contributed by atoms with Gasteiger partial charge in [0.05, 0.1) is 0 Å². The van der Waals surface area contributed by atoms with Crippen molar-refractivity contribution in [2.24, 2.45) is 7.05 Å². The van der Waals surface area contributed by atoms with E-state index in [9.17, 15) is 4.79 Å². The second-order valence-electron chi connectivity index (χ2n) is 6.24. The molecule has 0 atom stereocenters. The van der Waals surface area contributed by atoms with Crippen molar-refractivity contribution in [1.82, 2.24) is 20.1 Å². The standard InChI is InChI=1S/C18H21N5O/c1-23-11-12(13-5-2-3-7-15(13)23)8-10-20-18(24)16-14-6-4-9-19-17(14)22-21-16/h2-3,5,7,11H,4,6,8-10H2,1H3,(H,20,24)(H2,19,21,22). The van der Waals surface area contributed by atoms with Crippen LogP contribution < -0.4 is 10.6 Å². The van der Waals surface area contributed by atoms with Gasteiger partial charge < -0.3 is 15.2 Å². The van der Waals surface area contributed by atoms with Crippen molar-refractivity contribution in [2.45, 2.75) is 19.3 Å². The van der Waals surface area contributed by atoms with Gasteiger partial charge in [0.15, 0.2) is 5.82 Å². The molecule has 1 aliphatic rings. The SMILES string of the molecule is Cn1cc(CCNC(=O)c2[nH]nc3c2CCCN3)c2ccccc21. The molecule has 3 aromatic rings. The van der Waals surface area contributed by atoms with Gasteiger partial charge in [0.2, 0.25) is 0 Å². The maximum atomic E-state index is 12.4. The molecule has 1 aromatic carbocycles. The fourth-order valence-corrected chi connectivity index (χ4v) is 3.44. The maximum absolute atomic E-state index is 12.4. The van der Waals surface area contributed by atoms with Crippen molar-refractivity contribution in [3.63, 3.8) is 0 Å². The highest BCUT2D eigenvalue weighted by Crippen LogP contribution is 2.23. The van der Waals surface area contributed by atoms with Crippen LogP contribution in [-0.4, -0.2) is 33.8 Å². The van der Waals surface area contributed by atoms with E-state index in [1.54, 1.807) is 0 Å². The fraction of sp³-hybridized carbons (Fsp3) is 0.333. The number of carbonyl (C=O) groups excluding carboxylic acids is 1. The molecule has 0 aliphatic carbocycles. The Labute approximate surface area is 140 Å². The molecule has 3 heterocycles. The number of fused-ring (bicyclic) bond motifs is 2. The normalized spacial score (nSPS) is 13.5. The van der Waals surface area contributed by atoms with Crippen LogP contribution in [0.4, 0.5) is 5.82 Å². The number of aryl methyl sites for hydroxylation is 1. The number of hydrogen-bond donors (Lipinski definition) is 3. The summed E-state index contributed by atoms with van der Waals surface area (Å²) in [6, 6.07) is 8.34. The summed E-state index contributed by atoms with van der Waals surface area (Å²) in [6.07, 6.45) is 4.87. The number of para-hydroxylation sites is 1. The highest BCUT2D eigenvalue weighted by atomic mass is 16.1. The van der Waals surface area contributed by atoms with E-state index in [-0.39, 0.29) is 5.91 Å². The Hall–Kier alpha value is -2.76. The van der Waals surface area contributed by atoms with Crippen molar-refractivity contribution in [2.75, 3.05) is 18.4 Å². The van der Waals surface area contributed by atoms with Gasteiger partial charge in [-0.2, -0.15) is 5.10 Å². The number of nitrogens with one attached hydrogen (secondary N) is 3. The molecular weight excluding hydrogens is 302 g/mol. The molecular formula is C18H21N5O. The fourth-order valence-electron chi connectivity index (χ4n) is 3.44. The smallest absolute Gasteiger partial charge is 0.269 e. The lowest BCUT2D eigenvalue weighted by molar-refractivity contribution is 0.0948. The number of amides is 1. The zero-order valence-electron chi connectivity index (χ0n) is 13.7. The first-order chi connectivity index (χ1) is 11.7. The molecule has 1 amide bonds. The second-order valence-corrected chi connectivity index (χ2v) is 6.24. The summed E-state index contributed by atoms with van der Waals surface area (Å²) in [7, 11) is 2.05. The van der Waals surface area contributed by atoms with Gasteiger partial charge in [-0.05, 0) is 30.9 Å². The molecule has 24 heavy (non-hydrogen) atoms. The van der Waals surface area contributed by atoms with Gasteiger partial charge in [-0.1, -0.05) is 18.2 Å². The molecule has 0 fully saturated rings. The van der Waals surface area contributed by atoms with Crippen LogP contribution >= 0.6 is 0 Å². The average molecular weight is 323 g/mol. The van der Waals surface area contributed by atoms with Gasteiger partial charge >= 0.3 is 0 Å². The molecule has 0 spiro atoms. The molecule has 6 nitrogen and oxygen atoms in total. The summed E-state index contributed by atoms with van der Waals surface area (Å²) < 4.78 is 2.13. The maximum Gasteiger partial charge on any atom is 0.269 e. The summed E-state index contributed by atoms with van der Waals surface area (Å²) >= 11 is 0. The van der Waals surface area contributed by atoms with Gasteiger partial charge in [0.25, 0.3) is 5.91 Å². The molecule has 0 bridgehead atoms. The quantitative estimate of drug-likeness (QED) is 0.689. The van der Waals surface area contributed by atoms with Crippen LogP contribution in [0.5, 0.6) is 0 Å². The van der Waals surface area contributed by atoms with Crippen LogP contribution in [0.15, 0.2) is 30.5 Å². The summed E-state index contributed by atoms with van der Waals surface area (Å²) in [5.41, 5.74) is 4.06. The monoisotopic (exact) mass is 323 g/mol. The number of nitrogens with zero attached hydrogens (tertiary/aromatic N) is 2. The number of anilines is 1. The van der Waals surface area contributed by atoms with E-state index in [1.807, 2.05) is 19.2 Å². The molecule has 6 heteroatoms. The molecule has 0 saturated carbocycles. The van der Waals surface area contributed by atoms with Gasteiger partial charge in [0, 0.05) is 42.8 Å². The number of rotatable bonds is 4. The molecule has 0 unspecified atom stereocenters. The van der Waals surface area contributed by atoms with Crippen molar-refractivity contribution in [3.8, 4) is 0 Å². The van der Waals surface area contributed by atoms with E-state index >= 15 is 0 Å². The third-order valence-corrected chi connectivity index (χ3v) is 4.65. The van der Waals surface area contributed by atoms with Crippen LogP contribution in [0, 0.1) is 0 Å². The third-order valence-electron chi connectivity index (χ3n) is 4.65. The average Bonchev–Trinajstić information content (AvgIpc) is 3.17. The highest BCUT2D eigenvalue weighted by Gasteiger charge is 2.21. The van der Waals surface area contributed by atoms with Gasteiger partial charge in [-0.25, -0.2) is 0 Å². The van der Waals surface area contributed by atoms with E-state index in [1.165, 1.54) is 16.5 Å². The predicted molar refractivity (Wildman–Crippen MR) is 94.4 cm³/mol. The van der Waals surface area contributed by atoms with Crippen LogP contribution in [0.3, 0.4) is 0 Å². The Kier molecular flexibility index (Phi) is 3.72. The zero-order chi connectivity index (χ0) is 16.5. The minimum atomic E-state index is -0.0762. The van der Waals surface area contributed by atoms with Gasteiger partial charge in [0.1, 0.15) is 5.69 Å². The highest BCUT2D eigenvalue weighted by molar-refractivity contribution is 5.95. The molecule has 3 N–H and O–H groups in total. The lowest BCUT2D eigenvalue weighted by Gasteiger charge is -2.12. The van der Waals surface area contributed by atoms with Crippen LogP contribution in [0.1, 0.15) is 28.0 Å². The molecule has 1 aliphatic heterocycles. The van der Waals surface area contributed by atoms with Crippen molar-refractivity contribution in [3.05, 3.63) is 47.3 Å². The lowest BCUT2D eigenvalue weighted by Crippen LogP contribution is -2.27. The van der Waals surface area contributed by atoms with E-state index < -0.39 is 0 Å². The van der Waals surface area contributed by atoms with E-state index in [0.29, 0.717) is 12.2 Å². The van der Waals surface area contributed by atoms with Crippen molar-refractivity contribution >= 4 is 22.6 Å².